The highest BCUT2D eigenvalue weighted by Gasteiger charge is 2.12. The number of rotatable bonds is 7. The maximum Gasteiger partial charge on any atom is 0.269 e. The average molecular weight is 486 g/mol. The van der Waals surface area contributed by atoms with Crippen LogP contribution in [0.1, 0.15) is 11.1 Å². The molecule has 2 rings (SSSR count). The Balaban J connectivity index is 2.14. The zero-order chi connectivity index (χ0) is 19.1. The van der Waals surface area contributed by atoms with Gasteiger partial charge in [-0.25, -0.2) is 0 Å². The molecule has 0 radical (unpaired) electrons. The molecule has 2 aromatic rings. The topological polar surface area (TPSA) is 112 Å². The van der Waals surface area contributed by atoms with E-state index in [2.05, 4.69) is 45.3 Å². The summed E-state index contributed by atoms with van der Waals surface area (Å²) in [5.74, 6) is 1.11. The second kappa shape index (κ2) is 9.29. The van der Waals surface area contributed by atoms with Crippen LogP contribution in [0.3, 0.4) is 0 Å². The molecule has 136 valence electrons. The third kappa shape index (κ3) is 5.52. The molecule has 0 aromatic heterocycles. The fourth-order valence-corrected chi connectivity index (χ4v) is 2.83. The highest BCUT2D eigenvalue weighted by Crippen LogP contribution is 2.34. The molecular formula is C16H15IN4O4S. The van der Waals surface area contributed by atoms with E-state index in [0.29, 0.717) is 11.5 Å². The number of hydrogen-bond donors (Lipinski definition) is 2. The van der Waals surface area contributed by atoms with Crippen LogP contribution in [0.4, 0.5) is 5.69 Å². The molecule has 0 aliphatic heterocycles. The number of hydrazone groups is 1. The number of thiocarbonyl (C=S) groups is 1. The number of methoxy groups -OCH3 is 1. The predicted octanol–water partition coefficient (Wildman–Crippen LogP) is 2.95. The summed E-state index contributed by atoms with van der Waals surface area (Å²) in [6.45, 7) is 0.251. The van der Waals surface area contributed by atoms with Crippen molar-refractivity contribution in [2.45, 2.75) is 6.61 Å². The monoisotopic (exact) mass is 486 g/mol. The lowest BCUT2D eigenvalue weighted by Crippen LogP contribution is -2.24. The minimum absolute atomic E-state index is 0.0371. The molecule has 0 bridgehead atoms. The summed E-state index contributed by atoms with van der Waals surface area (Å²) in [6, 6.07) is 9.81. The van der Waals surface area contributed by atoms with Gasteiger partial charge in [-0.2, -0.15) is 5.10 Å². The molecule has 26 heavy (non-hydrogen) atoms. The van der Waals surface area contributed by atoms with Crippen molar-refractivity contribution >= 4 is 51.8 Å². The molecule has 8 nitrogen and oxygen atoms in total. The predicted molar refractivity (Wildman–Crippen MR) is 111 cm³/mol. The van der Waals surface area contributed by atoms with Gasteiger partial charge in [0.1, 0.15) is 6.61 Å². The maximum absolute atomic E-state index is 10.7. The van der Waals surface area contributed by atoms with Crippen LogP contribution in [-0.4, -0.2) is 23.4 Å². The number of non-ortho nitro benzene ring substituents is 1. The first-order valence-corrected chi connectivity index (χ1v) is 8.71. The lowest BCUT2D eigenvalue weighted by molar-refractivity contribution is -0.384. The van der Waals surface area contributed by atoms with Gasteiger partial charge in [-0.05, 0) is 70.2 Å². The quantitative estimate of drug-likeness (QED) is 0.204. The Labute approximate surface area is 168 Å². The second-order valence-corrected chi connectivity index (χ2v) is 6.58. The summed E-state index contributed by atoms with van der Waals surface area (Å²) >= 11 is 6.81. The molecule has 0 saturated heterocycles. The van der Waals surface area contributed by atoms with Crippen LogP contribution < -0.4 is 20.6 Å². The van der Waals surface area contributed by atoms with E-state index in [-0.39, 0.29) is 17.4 Å². The van der Waals surface area contributed by atoms with Gasteiger partial charge >= 0.3 is 0 Å². The highest BCUT2D eigenvalue weighted by atomic mass is 127. The normalized spacial score (nSPS) is 10.5. The molecule has 10 heteroatoms. The second-order valence-electron chi connectivity index (χ2n) is 4.98. The van der Waals surface area contributed by atoms with Crippen molar-refractivity contribution in [2.24, 2.45) is 10.8 Å². The smallest absolute Gasteiger partial charge is 0.269 e. The minimum atomic E-state index is -0.441. The molecule has 0 heterocycles. The number of hydrogen-bond acceptors (Lipinski definition) is 6. The summed E-state index contributed by atoms with van der Waals surface area (Å²) in [7, 11) is 1.54. The zero-order valence-corrected chi connectivity index (χ0v) is 16.6. The third-order valence-electron chi connectivity index (χ3n) is 3.17. The molecule has 3 N–H and O–H groups in total. The van der Waals surface area contributed by atoms with Gasteiger partial charge in [0.05, 0.1) is 21.8 Å². The van der Waals surface area contributed by atoms with E-state index in [9.17, 15) is 10.1 Å². The first kappa shape index (κ1) is 19.8. The largest absolute Gasteiger partial charge is 0.493 e. The van der Waals surface area contributed by atoms with Crippen LogP contribution in [0.15, 0.2) is 41.5 Å². The van der Waals surface area contributed by atoms with E-state index in [1.165, 1.54) is 12.1 Å². The average Bonchev–Trinajstić information content (AvgIpc) is 2.60. The molecule has 0 aliphatic rings. The first-order valence-electron chi connectivity index (χ1n) is 7.23. The Morgan fingerprint density at radius 1 is 1.42 bits per heavy atom. The van der Waals surface area contributed by atoms with Crippen molar-refractivity contribution in [1.29, 1.82) is 0 Å². The number of nitrogens with zero attached hydrogens (tertiary/aromatic N) is 2. The van der Waals surface area contributed by atoms with E-state index < -0.39 is 4.92 Å². The standard InChI is InChI=1S/C16H15IN4O4S/c1-24-14-7-11(8-19-20-16(18)26)6-13(17)15(14)25-9-10-2-4-12(5-3-10)21(22)23/h2-8H,9H2,1H3,(H3,18,20,26)/b19-8-. The van der Waals surface area contributed by atoms with Gasteiger partial charge in [-0.1, -0.05) is 0 Å². The summed E-state index contributed by atoms with van der Waals surface area (Å²) in [6.07, 6.45) is 1.56. The van der Waals surface area contributed by atoms with Gasteiger partial charge in [0, 0.05) is 12.1 Å². The number of halogens is 1. The summed E-state index contributed by atoms with van der Waals surface area (Å²) < 4.78 is 12.0. The molecule has 2 aromatic carbocycles. The number of nitrogens with one attached hydrogen (secondary N) is 1. The van der Waals surface area contributed by atoms with Gasteiger partial charge in [0.2, 0.25) is 0 Å². The molecule has 0 unspecified atom stereocenters. The number of nitrogens with two attached hydrogens (primary N) is 1. The van der Waals surface area contributed by atoms with Crippen molar-refractivity contribution in [3.8, 4) is 11.5 Å². The van der Waals surface area contributed by atoms with E-state index in [1.54, 1.807) is 31.5 Å². The first-order chi connectivity index (χ1) is 12.4. The van der Waals surface area contributed by atoms with E-state index in [0.717, 1.165) is 14.7 Å². The lowest BCUT2D eigenvalue weighted by Gasteiger charge is -2.13. The number of nitro groups is 1. The van der Waals surface area contributed by atoms with Gasteiger partial charge < -0.3 is 15.2 Å². The van der Waals surface area contributed by atoms with Crippen molar-refractivity contribution in [1.82, 2.24) is 5.43 Å². The van der Waals surface area contributed by atoms with Crippen LogP contribution >= 0.6 is 34.8 Å². The lowest BCUT2D eigenvalue weighted by atomic mass is 10.2. The summed E-state index contributed by atoms with van der Waals surface area (Å²) in [4.78, 5) is 10.3. The van der Waals surface area contributed by atoms with Gasteiger partial charge in [0.15, 0.2) is 16.6 Å². The Morgan fingerprint density at radius 3 is 2.69 bits per heavy atom. The van der Waals surface area contributed by atoms with Crippen molar-refractivity contribution in [2.75, 3.05) is 7.11 Å². The SMILES string of the molecule is COc1cc(/C=N\NC(N)=S)cc(I)c1OCc1ccc([N+](=O)[O-])cc1. The van der Waals surface area contributed by atoms with Crippen LogP contribution in [0.2, 0.25) is 0 Å². The van der Waals surface area contributed by atoms with Gasteiger partial charge in [-0.3, -0.25) is 15.5 Å². The number of nitro benzene ring substituents is 1. The maximum atomic E-state index is 10.7. The Kier molecular flexibility index (Phi) is 7.09. The van der Waals surface area contributed by atoms with Crippen molar-refractivity contribution in [3.63, 3.8) is 0 Å². The molecule has 0 amide bonds. The summed E-state index contributed by atoms with van der Waals surface area (Å²) in [5, 5.41) is 14.7. The van der Waals surface area contributed by atoms with Gasteiger partial charge in [-0.15, -0.1) is 0 Å². The van der Waals surface area contributed by atoms with E-state index in [4.69, 9.17) is 15.2 Å². The van der Waals surface area contributed by atoms with Crippen LogP contribution in [-0.2, 0) is 6.61 Å². The molecule has 0 fully saturated rings. The molecule has 0 aliphatic carbocycles. The fourth-order valence-electron chi connectivity index (χ4n) is 1.99. The Hall–Kier alpha value is -2.47. The van der Waals surface area contributed by atoms with Crippen molar-refractivity contribution in [3.05, 3.63) is 61.2 Å². The van der Waals surface area contributed by atoms with E-state index >= 15 is 0 Å². The summed E-state index contributed by atoms with van der Waals surface area (Å²) in [5.41, 5.74) is 9.41. The minimum Gasteiger partial charge on any atom is -0.493 e. The van der Waals surface area contributed by atoms with Crippen LogP contribution in [0, 0.1) is 13.7 Å². The third-order valence-corrected chi connectivity index (χ3v) is 4.06. The van der Waals surface area contributed by atoms with Crippen LogP contribution in [0.25, 0.3) is 0 Å². The molecule has 0 atom stereocenters. The van der Waals surface area contributed by atoms with Crippen LogP contribution in [0.5, 0.6) is 11.5 Å². The molecule has 0 saturated carbocycles. The van der Waals surface area contributed by atoms with Gasteiger partial charge in [0.25, 0.3) is 5.69 Å². The Bertz CT molecular complexity index is 843. The highest BCUT2D eigenvalue weighted by molar-refractivity contribution is 14.1. The molecule has 0 spiro atoms. The zero-order valence-electron chi connectivity index (χ0n) is 13.6. The number of benzene rings is 2. The molecular weight excluding hydrogens is 471 g/mol. The fraction of sp³-hybridized carbons (Fsp3) is 0.125. The van der Waals surface area contributed by atoms with E-state index in [1.807, 2.05) is 6.07 Å². The number of ether oxygens (including phenoxy) is 2. The van der Waals surface area contributed by atoms with Crippen molar-refractivity contribution < 1.29 is 14.4 Å². The Morgan fingerprint density at radius 2 is 2.12 bits per heavy atom.